The molecule has 0 saturated carbocycles. The normalized spacial score (nSPS) is 11.9. The minimum Gasteiger partial charge on any atom is -0.480 e. The number of hydrogen-bond donors (Lipinski definition) is 3. The molecule has 0 heterocycles. The molecule has 120 valence electrons. The van der Waals surface area contributed by atoms with Crippen LogP contribution in [0.15, 0.2) is 18.2 Å². The summed E-state index contributed by atoms with van der Waals surface area (Å²) in [6.07, 6.45) is 0.353. The minimum absolute atomic E-state index is 0.146. The molecule has 0 unspecified atom stereocenters. The molecule has 22 heavy (non-hydrogen) atoms. The Labute approximate surface area is 129 Å². The molecule has 1 aromatic carbocycles. The van der Waals surface area contributed by atoms with Crippen LogP contribution in [0.25, 0.3) is 0 Å². The highest BCUT2D eigenvalue weighted by atomic mass is 16.4. The zero-order valence-corrected chi connectivity index (χ0v) is 13.3. The molecule has 0 fully saturated rings. The summed E-state index contributed by atoms with van der Waals surface area (Å²) in [5.74, 6) is -1.60. The van der Waals surface area contributed by atoms with E-state index in [0.717, 1.165) is 0 Å². The highest BCUT2D eigenvalue weighted by Gasteiger charge is 2.22. The van der Waals surface area contributed by atoms with Gasteiger partial charge in [-0.05, 0) is 37.0 Å². The molecule has 0 bridgehead atoms. The van der Waals surface area contributed by atoms with E-state index in [4.69, 9.17) is 0 Å². The van der Waals surface area contributed by atoms with Crippen molar-refractivity contribution in [2.45, 2.75) is 40.2 Å². The highest BCUT2D eigenvalue weighted by Crippen LogP contribution is 2.19. The van der Waals surface area contributed by atoms with Gasteiger partial charge >= 0.3 is 5.97 Å². The third-order valence-electron chi connectivity index (χ3n) is 3.20. The number of hydrogen-bond acceptors (Lipinski definition) is 3. The summed E-state index contributed by atoms with van der Waals surface area (Å²) in [6.45, 7) is 6.88. The molecule has 0 aliphatic carbocycles. The Morgan fingerprint density at radius 3 is 2.36 bits per heavy atom. The van der Waals surface area contributed by atoms with Gasteiger partial charge in [0.05, 0.1) is 0 Å². The second-order valence-corrected chi connectivity index (χ2v) is 5.65. The summed E-state index contributed by atoms with van der Waals surface area (Å²) in [7, 11) is 0. The van der Waals surface area contributed by atoms with Gasteiger partial charge in [0.15, 0.2) is 0 Å². The fourth-order valence-electron chi connectivity index (χ4n) is 2.14. The molecule has 6 nitrogen and oxygen atoms in total. The number of rotatable bonds is 6. The molecule has 0 spiro atoms. The van der Waals surface area contributed by atoms with Crippen molar-refractivity contribution < 1.29 is 19.5 Å². The maximum absolute atomic E-state index is 12.3. The van der Waals surface area contributed by atoms with Crippen LogP contribution >= 0.6 is 0 Å². The van der Waals surface area contributed by atoms with Crippen molar-refractivity contribution in [1.82, 2.24) is 5.32 Å². The predicted octanol–water partition coefficient (Wildman–Crippen LogP) is 2.18. The van der Waals surface area contributed by atoms with Gasteiger partial charge in [-0.1, -0.05) is 19.9 Å². The van der Waals surface area contributed by atoms with Crippen molar-refractivity contribution in [2.75, 3.05) is 5.32 Å². The SMILES string of the molecule is CC(=O)Nc1cccc(C(=O)N[C@@H](CC(C)C)C(=O)O)c1C. The van der Waals surface area contributed by atoms with Gasteiger partial charge in [0.1, 0.15) is 6.04 Å². The van der Waals surface area contributed by atoms with Gasteiger partial charge in [0.25, 0.3) is 5.91 Å². The van der Waals surface area contributed by atoms with Crippen LogP contribution in [-0.4, -0.2) is 28.9 Å². The van der Waals surface area contributed by atoms with Gasteiger partial charge in [-0.15, -0.1) is 0 Å². The lowest BCUT2D eigenvalue weighted by Crippen LogP contribution is -2.41. The van der Waals surface area contributed by atoms with E-state index in [1.165, 1.54) is 6.92 Å². The minimum atomic E-state index is -1.06. The number of carboxylic acids is 1. The van der Waals surface area contributed by atoms with Crippen LogP contribution in [0.1, 0.15) is 43.1 Å². The fraction of sp³-hybridized carbons (Fsp3) is 0.438. The first-order valence-corrected chi connectivity index (χ1v) is 7.13. The zero-order valence-electron chi connectivity index (χ0n) is 13.3. The molecular formula is C16H22N2O4. The first-order chi connectivity index (χ1) is 10.2. The number of anilines is 1. The number of aliphatic carboxylic acids is 1. The molecule has 0 aliphatic rings. The number of carboxylic acid groups (broad SMARTS) is 1. The number of carbonyl (C=O) groups is 3. The molecule has 0 aliphatic heterocycles. The molecule has 2 amide bonds. The maximum atomic E-state index is 12.3. The first-order valence-electron chi connectivity index (χ1n) is 7.13. The Hall–Kier alpha value is -2.37. The largest absolute Gasteiger partial charge is 0.480 e. The van der Waals surface area contributed by atoms with Crippen molar-refractivity contribution in [2.24, 2.45) is 5.92 Å². The lowest BCUT2D eigenvalue weighted by molar-refractivity contribution is -0.139. The second-order valence-electron chi connectivity index (χ2n) is 5.65. The van der Waals surface area contributed by atoms with Crippen LogP contribution in [-0.2, 0) is 9.59 Å². The Kier molecular flexibility index (Phi) is 6.10. The Morgan fingerprint density at radius 2 is 1.86 bits per heavy atom. The summed E-state index contributed by atoms with van der Waals surface area (Å²) >= 11 is 0. The second kappa shape index (κ2) is 7.59. The van der Waals surface area contributed by atoms with Crippen LogP contribution < -0.4 is 10.6 Å². The number of benzene rings is 1. The number of carbonyl (C=O) groups excluding carboxylic acids is 2. The average molecular weight is 306 g/mol. The van der Waals surface area contributed by atoms with E-state index in [-0.39, 0.29) is 11.8 Å². The summed E-state index contributed by atoms with van der Waals surface area (Å²) < 4.78 is 0. The Balaban J connectivity index is 2.97. The molecule has 1 atom stereocenters. The third kappa shape index (κ3) is 4.87. The van der Waals surface area contributed by atoms with Crippen molar-refractivity contribution in [3.8, 4) is 0 Å². The Bertz CT molecular complexity index is 582. The predicted molar refractivity (Wildman–Crippen MR) is 83.8 cm³/mol. The van der Waals surface area contributed by atoms with Crippen LogP contribution in [0.3, 0.4) is 0 Å². The van der Waals surface area contributed by atoms with E-state index in [0.29, 0.717) is 23.2 Å². The molecule has 6 heteroatoms. The first kappa shape index (κ1) is 17.7. The molecule has 0 radical (unpaired) electrons. The van der Waals surface area contributed by atoms with E-state index >= 15 is 0 Å². The van der Waals surface area contributed by atoms with Crippen molar-refractivity contribution >= 4 is 23.5 Å². The lowest BCUT2D eigenvalue weighted by Gasteiger charge is -2.18. The van der Waals surface area contributed by atoms with Gasteiger partial charge in [-0.2, -0.15) is 0 Å². The molecule has 1 aromatic rings. The van der Waals surface area contributed by atoms with Crippen molar-refractivity contribution in [3.05, 3.63) is 29.3 Å². The zero-order chi connectivity index (χ0) is 16.9. The molecule has 0 saturated heterocycles. The van der Waals surface area contributed by atoms with Crippen LogP contribution in [0.2, 0.25) is 0 Å². The summed E-state index contributed by atoms with van der Waals surface area (Å²) in [5.41, 5.74) is 1.49. The quantitative estimate of drug-likeness (QED) is 0.750. The van der Waals surface area contributed by atoms with Gasteiger partial charge in [0.2, 0.25) is 5.91 Å². The molecule has 1 rings (SSSR count). The van der Waals surface area contributed by atoms with Crippen molar-refractivity contribution in [1.29, 1.82) is 0 Å². The summed E-state index contributed by atoms with van der Waals surface area (Å²) in [4.78, 5) is 34.7. The standard InChI is InChI=1S/C16H22N2O4/c1-9(2)8-14(16(21)22)18-15(20)12-6-5-7-13(10(12)3)17-11(4)19/h5-7,9,14H,8H2,1-4H3,(H,17,19)(H,18,20)(H,21,22)/t14-/m0/s1. The van der Waals surface area contributed by atoms with Gasteiger partial charge < -0.3 is 15.7 Å². The van der Waals surface area contributed by atoms with Crippen LogP contribution in [0.4, 0.5) is 5.69 Å². The van der Waals surface area contributed by atoms with Gasteiger partial charge in [-0.3, -0.25) is 9.59 Å². The van der Waals surface area contributed by atoms with E-state index in [2.05, 4.69) is 10.6 Å². The topological polar surface area (TPSA) is 95.5 Å². The maximum Gasteiger partial charge on any atom is 0.326 e. The van der Waals surface area contributed by atoms with E-state index in [9.17, 15) is 19.5 Å². The Morgan fingerprint density at radius 1 is 1.23 bits per heavy atom. The average Bonchev–Trinajstić information content (AvgIpc) is 2.39. The lowest BCUT2D eigenvalue weighted by atomic mass is 10.0. The van der Waals surface area contributed by atoms with Crippen molar-refractivity contribution in [3.63, 3.8) is 0 Å². The smallest absolute Gasteiger partial charge is 0.326 e. The number of nitrogens with one attached hydrogen (secondary N) is 2. The van der Waals surface area contributed by atoms with Gasteiger partial charge in [0, 0.05) is 18.2 Å². The van der Waals surface area contributed by atoms with Gasteiger partial charge in [-0.25, -0.2) is 4.79 Å². The number of amides is 2. The summed E-state index contributed by atoms with van der Waals surface area (Å²) in [5, 5.41) is 14.4. The van der Waals surface area contributed by atoms with Crippen LogP contribution in [0.5, 0.6) is 0 Å². The molecule has 3 N–H and O–H groups in total. The third-order valence-corrected chi connectivity index (χ3v) is 3.20. The monoisotopic (exact) mass is 306 g/mol. The van der Waals surface area contributed by atoms with E-state index in [1.807, 2.05) is 13.8 Å². The molecule has 0 aromatic heterocycles. The van der Waals surface area contributed by atoms with Crippen LogP contribution in [0, 0.1) is 12.8 Å². The van der Waals surface area contributed by atoms with E-state index < -0.39 is 17.9 Å². The van der Waals surface area contributed by atoms with E-state index in [1.54, 1.807) is 25.1 Å². The molecular weight excluding hydrogens is 284 g/mol. The highest BCUT2D eigenvalue weighted by molar-refractivity contribution is 6.00. The summed E-state index contributed by atoms with van der Waals surface area (Å²) in [6, 6.07) is 4.00. The fourth-order valence-corrected chi connectivity index (χ4v) is 2.14.